The third-order valence-corrected chi connectivity index (χ3v) is 5.48. The molecule has 5 rings (SSSR count). The van der Waals surface area contributed by atoms with Crippen LogP contribution in [-0.2, 0) is 11.8 Å². The van der Waals surface area contributed by atoms with Crippen LogP contribution < -0.4 is 10.2 Å². The topological polar surface area (TPSA) is 88.8 Å². The first kappa shape index (κ1) is 17.5. The molecule has 0 spiro atoms. The maximum absolute atomic E-state index is 13.1. The largest absolute Gasteiger partial charge is 0.344 e. The zero-order chi connectivity index (χ0) is 20.0. The van der Waals surface area contributed by atoms with Crippen molar-refractivity contribution in [3.8, 4) is 0 Å². The summed E-state index contributed by atoms with van der Waals surface area (Å²) in [5, 5.41) is 9.33. The fourth-order valence-electron chi connectivity index (χ4n) is 4.11. The normalized spacial score (nSPS) is 16.6. The number of nitrogens with zero attached hydrogens (tertiary/aromatic N) is 6. The van der Waals surface area contributed by atoms with Crippen LogP contribution in [-0.4, -0.2) is 43.2 Å². The molecule has 8 nitrogen and oxygen atoms in total. The number of hydrogen-bond acceptors (Lipinski definition) is 6. The molecule has 0 saturated carbocycles. The Morgan fingerprint density at radius 3 is 2.93 bits per heavy atom. The van der Waals surface area contributed by atoms with E-state index in [9.17, 15) is 4.79 Å². The van der Waals surface area contributed by atoms with Crippen LogP contribution in [0.15, 0.2) is 42.9 Å². The lowest BCUT2D eigenvalue weighted by atomic mass is 10.1. The Morgan fingerprint density at radius 2 is 2.03 bits per heavy atom. The van der Waals surface area contributed by atoms with Gasteiger partial charge in [-0.15, -0.1) is 0 Å². The van der Waals surface area contributed by atoms with Gasteiger partial charge in [0.05, 0.1) is 23.1 Å². The first-order valence-electron chi connectivity index (χ1n) is 9.68. The molecule has 4 heterocycles. The number of amides is 1. The number of hydrogen-bond donors (Lipinski definition) is 1. The van der Waals surface area contributed by atoms with Crippen LogP contribution in [0.5, 0.6) is 0 Å². The number of para-hydroxylation sites is 1. The van der Waals surface area contributed by atoms with Crippen molar-refractivity contribution in [3.63, 3.8) is 0 Å². The van der Waals surface area contributed by atoms with Crippen LogP contribution >= 0.6 is 0 Å². The van der Waals surface area contributed by atoms with Crippen LogP contribution in [0, 0.1) is 6.92 Å². The number of aryl methyl sites for hydroxylation is 2. The minimum absolute atomic E-state index is 0.0483. The Morgan fingerprint density at radius 1 is 1.17 bits per heavy atom. The number of rotatable bonds is 3. The molecule has 1 atom stereocenters. The van der Waals surface area contributed by atoms with E-state index < -0.39 is 0 Å². The van der Waals surface area contributed by atoms with E-state index in [0.29, 0.717) is 5.69 Å². The average Bonchev–Trinajstić information content (AvgIpc) is 3.32. The van der Waals surface area contributed by atoms with Gasteiger partial charge in [0.2, 0.25) is 5.91 Å². The molecule has 1 aliphatic heterocycles. The van der Waals surface area contributed by atoms with E-state index in [4.69, 9.17) is 0 Å². The molecule has 146 valence electrons. The number of anilines is 2. The van der Waals surface area contributed by atoms with Crippen molar-refractivity contribution in [1.29, 1.82) is 0 Å². The molecule has 1 saturated heterocycles. The van der Waals surface area contributed by atoms with Crippen molar-refractivity contribution in [2.24, 2.45) is 7.05 Å². The summed E-state index contributed by atoms with van der Waals surface area (Å²) in [7, 11) is 1.86. The molecule has 1 fully saturated rings. The summed E-state index contributed by atoms with van der Waals surface area (Å²) < 4.78 is 1.75. The van der Waals surface area contributed by atoms with Crippen molar-refractivity contribution in [2.75, 3.05) is 16.8 Å². The maximum atomic E-state index is 13.1. The fraction of sp³-hybridized carbons (Fsp3) is 0.286. The number of aromatic nitrogens is 5. The predicted octanol–water partition coefficient (Wildman–Crippen LogP) is 2.83. The van der Waals surface area contributed by atoms with E-state index in [-0.39, 0.29) is 11.9 Å². The Hall–Kier alpha value is -3.55. The molecule has 3 aromatic heterocycles. The van der Waals surface area contributed by atoms with Gasteiger partial charge >= 0.3 is 0 Å². The van der Waals surface area contributed by atoms with Crippen molar-refractivity contribution >= 4 is 39.3 Å². The van der Waals surface area contributed by atoms with E-state index in [1.54, 1.807) is 17.2 Å². The molecule has 4 aromatic rings. The Bertz CT molecular complexity index is 1230. The van der Waals surface area contributed by atoms with Gasteiger partial charge in [0, 0.05) is 24.4 Å². The molecule has 1 amide bonds. The molecule has 1 aliphatic rings. The zero-order valence-corrected chi connectivity index (χ0v) is 16.3. The van der Waals surface area contributed by atoms with Crippen LogP contribution in [0.25, 0.3) is 21.9 Å². The van der Waals surface area contributed by atoms with Gasteiger partial charge in [-0.05, 0) is 38.0 Å². The minimum atomic E-state index is -0.279. The van der Waals surface area contributed by atoms with E-state index in [1.165, 1.54) is 0 Å². The van der Waals surface area contributed by atoms with Crippen molar-refractivity contribution in [1.82, 2.24) is 24.7 Å². The highest BCUT2D eigenvalue weighted by Gasteiger charge is 2.32. The van der Waals surface area contributed by atoms with Crippen LogP contribution in [0.2, 0.25) is 0 Å². The summed E-state index contributed by atoms with van der Waals surface area (Å²) in [6, 6.07) is 9.54. The average molecular weight is 387 g/mol. The predicted molar refractivity (Wildman–Crippen MR) is 112 cm³/mol. The highest BCUT2D eigenvalue weighted by molar-refractivity contribution is 6.00. The molecule has 8 heteroatoms. The molecule has 0 bridgehead atoms. The summed E-state index contributed by atoms with van der Waals surface area (Å²) in [6.45, 7) is 2.73. The number of carbonyl (C=O) groups excluding carboxylic acids is 1. The van der Waals surface area contributed by atoms with E-state index in [2.05, 4.69) is 30.3 Å². The zero-order valence-electron chi connectivity index (χ0n) is 16.3. The Balaban J connectivity index is 1.44. The third kappa shape index (κ3) is 2.97. The van der Waals surface area contributed by atoms with Crippen molar-refractivity contribution in [3.05, 3.63) is 48.5 Å². The number of pyridine rings is 1. The van der Waals surface area contributed by atoms with Crippen molar-refractivity contribution < 1.29 is 4.79 Å². The number of nitrogens with one attached hydrogen (secondary N) is 1. The smallest absolute Gasteiger partial charge is 0.247 e. The lowest BCUT2D eigenvalue weighted by Crippen LogP contribution is -2.40. The quantitative estimate of drug-likeness (QED) is 0.581. The summed E-state index contributed by atoms with van der Waals surface area (Å²) >= 11 is 0. The number of fused-ring (bicyclic) bond motifs is 2. The standard InChI is InChI=1S/C21H21N7O/c1-13-16-10-14(11-22-19(16)27(2)26-13)25-21(29)18-8-5-9-28(18)20-15-6-3-4-7-17(15)23-12-24-20/h3-4,6-7,10-12,18H,5,8-9H2,1-2H3,(H,25,29). The minimum Gasteiger partial charge on any atom is -0.344 e. The summed E-state index contributed by atoms with van der Waals surface area (Å²) in [5.74, 6) is 0.762. The Kier molecular flexibility index (Phi) is 4.12. The highest BCUT2D eigenvalue weighted by Crippen LogP contribution is 2.30. The summed E-state index contributed by atoms with van der Waals surface area (Å²) in [4.78, 5) is 28.5. The van der Waals surface area contributed by atoms with Crippen molar-refractivity contribution in [2.45, 2.75) is 25.8 Å². The van der Waals surface area contributed by atoms with Gasteiger partial charge in [-0.2, -0.15) is 5.10 Å². The second-order valence-electron chi connectivity index (χ2n) is 7.36. The lowest BCUT2D eigenvalue weighted by Gasteiger charge is -2.25. The van der Waals surface area contributed by atoms with Crippen LogP contribution in [0.1, 0.15) is 18.5 Å². The Labute approximate surface area is 167 Å². The second kappa shape index (κ2) is 6.80. The second-order valence-corrected chi connectivity index (χ2v) is 7.36. The molecule has 0 aliphatic carbocycles. The first-order chi connectivity index (χ1) is 14.1. The molecule has 1 aromatic carbocycles. The fourth-order valence-corrected chi connectivity index (χ4v) is 4.11. The van der Waals surface area contributed by atoms with Gasteiger partial charge in [-0.3, -0.25) is 9.48 Å². The monoisotopic (exact) mass is 387 g/mol. The van der Waals surface area contributed by atoms with E-state index >= 15 is 0 Å². The number of carbonyl (C=O) groups is 1. The molecular weight excluding hydrogens is 366 g/mol. The van der Waals surface area contributed by atoms with E-state index in [1.807, 2.05) is 44.3 Å². The first-order valence-corrected chi connectivity index (χ1v) is 9.68. The molecule has 0 radical (unpaired) electrons. The molecule has 1 unspecified atom stereocenters. The highest BCUT2D eigenvalue weighted by atomic mass is 16.2. The number of benzene rings is 1. The molecule has 1 N–H and O–H groups in total. The summed E-state index contributed by atoms with van der Waals surface area (Å²) in [5.41, 5.74) is 3.25. The maximum Gasteiger partial charge on any atom is 0.247 e. The van der Waals surface area contributed by atoms with Crippen LogP contribution in [0.3, 0.4) is 0 Å². The molecular formula is C21H21N7O. The molecule has 29 heavy (non-hydrogen) atoms. The van der Waals surface area contributed by atoms with Gasteiger partial charge in [0.15, 0.2) is 5.65 Å². The summed E-state index contributed by atoms with van der Waals surface area (Å²) in [6.07, 6.45) is 4.97. The van der Waals surface area contributed by atoms with Crippen LogP contribution in [0.4, 0.5) is 11.5 Å². The van der Waals surface area contributed by atoms with E-state index in [0.717, 1.165) is 52.8 Å². The van der Waals surface area contributed by atoms with Gasteiger partial charge in [0.25, 0.3) is 0 Å². The third-order valence-electron chi connectivity index (χ3n) is 5.48. The SMILES string of the molecule is Cc1nn(C)c2ncc(NC(=O)C3CCCN3c3ncnc4ccccc34)cc12. The van der Waals surface area contributed by atoms with Gasteiger partial charge in [0.1, 0.15) is 18.2 Å². The van der Waals surface area contributed by atoms with Gasteiger partial charge < -0.3 is 10.2 Å². The van der Waals surface area contributed by atoms with Gasteiger partial charge in [-0.1, -0.05) is 12.1 Å². The lowest BCUT2D eigenvalue weighted by molar-refractivity contribution is -0.117. The van der Waals surface area contributed by atoms with Gasteiger partial charge in [-0.25, -0.2) is 15.0 Å².